The quantitative estimate of drug-likeness (QED) is 0.773. The van der Waals surface area contributed by atoms with Crippen molar-refractivity contribution < 1.29 is 4.74 Å². The van der Waals surface area contributed by atoms with Crippen molar-refractivity contribution in [3.63, 3.8) is 0 Å². The zero-order valence-electron chi connectivity index (χ0n) is 10.9. The van der Waals surface area contributed by atoms with Crippen LogP contribution in [0.1, 0.15) is 11.1 Å². The minimum absolute atomic E-state index is 0.663. The molecule has 0 atom stereocenters. The zero-order valence-corrected chi connectivity index (χ0v) is 10.9. The second kappa shape index (κ2) is 5.14. The van der Waals surface area contributed by atoms with Crippen molar-refractivity contribution in [2.24, 2.45) is 0 Å². The predicted octanol–water partition coefficient (Wildman–Crippen LogP) is 3.36. The number of benzene rings is 2. The Morgan fingerprint density at radius 2 is 1.79 bits per heavy atom. The maximum atomic E-state index is 5.24. The highest BCUT2D eigenvalue weighted by molar-refractivity contribution is 5.84. The smallest absolute Gasteiger partial charge is 0.240 e. The van der Waals surface area contributed by atoms with Crippen molar-refractivity contribution in [2.75, 3.05) is 7.11 Å². The van der Waals surface area contributed by atoms with Gasteiger partial charge in [0.05, 0.1) is 18.0 Å². The van der Waals surface area contributed by atoms with Crippen molar-refractivity contribution in [3.8, 4) is 5.88 Å². The molecule has 0 fully saturated rings. The lowest BCUT2D eigenvalue weighted by Crippen LogP contribution is -1.91. The highest BCUT2D eigenvalue weighted by Gasteiger charge is 2.06. The van der Waals surface area contributed by atoms with E-state index in [1.807, 2.05) is 6.07 Å². The van der Waals surface area contributed by atoms with Gasteiger partial charge in [-0.1, -0.05) is 36.4 Å². The number of aryl methyl sites for hydroxylation is 2. The average Bonchev–Trinajstić information content (AvgIpc) is 2.88. The first-order valence-corrected chi connectivity index (χ1v) is 6.42. The third kappa shape index (κ3) is 2.45. The Bertz CT molecular complexity index is 674. The molecule has 1 heterocycles. The first-order chi connectivity index (χ1) is 9.36. The molecule has 0 radical (unpaired) electrons. The Labute approximate surface area is 112 Å². The van der Waals surface area contributed by atoms with Crippen molar-refractivity contribution in [1.82, 2.24) is 10.2 Å². The van der Waals surface area contributed by atoms with E-state index in [-0.39, 0.29) is 0 Å². The lowest BCUT2D eigenvalue weighted by Gasteiger charge is -2.03. The highest BCUT2D eigenvalue weighted by atomic mass is 16.5. The SMILES string of the molecule is COc1n[nH]c2ccc(CCc3ccccc3)cc12. The summed E-state index contributed by atoms with van der Waals surface area (Å²) in [5.41, 5.74) is 3.68. The molecule has 0 amide bonds. The maximum absolute atomic E-state index is 5.24. The molecule has 3 heteroatoms. The number of aromatic nitrogens is 2. The van der Waals surface area contributed by atoms with Crippen molar-refractivity contribution in [3.05, 3.63) is 59.7 Å². The molecule has 0 spiro atoms. The fraction of sp³-hybridized carbons (Fsp3) is 0.188. The van der Waals surface area contributed by atoms with Crippen LogP contribution >= 0.6 is 0 Å². The lowest BCUT2D eigenvalue weighted by atomic mass is 10.0. The van der Waals surface area contributed by atoms with Gasteiger partial charge in [-0.15, -0.1) is 5.10 Å². The highest BCUT2D eigenvalue weighted by Crippen LogP contribution is 2.23. The van der Waals surface area contributed by atoms with Crippen LogP contribution in [-0.2, 0) is 12.8 Å². The van der Waals surface area contributed by atoms with E-state index in [0.29, 0.717) is 5.88 Å². The molecule has 1 aromatic heterocycles. The molecular weight excluding hydrogens is 236 g/mol. The third-order valence-electron chi connectivity index (χ3n) is 3.33. The molecule has 3 nitrogen and oxygen atoms in total. The van der Waals surface area contributed by atoms with Crippen molar-refractivity contribution >= 4 is 10.9 Å². The molecule has 0 aliphatic rings. The Kier molecular flexibility index (Phi) is 3.19. The van der Waals surface area contributed by atoms with Crippen molar-refractivity contribution in [1.29, 1.82) is 0 Å². The van der Waals surface area contributed by atoms with E-state index in [2.05, 4.69) is 52.7 Å². The molecule has 3 aromatic rings. The minimum atomic E-state index is 0.663. The van der Waals surface area contributed by atoms with Crippen LogP contribution in [0.25, 0.3) is 10.9 Å². The summed E-state index contributed by atoms with van der Waals surface area (Å²) in [7, 11) is 1.65. The number of fused-ring (bicyclic) bond motifs is 1. The van der Waals surface area contributed by atoms with Crippen LogP contribution in [0.4, 0.5) is 0 Å². The molecule has 0 aliphatic carbocycles. The summed E-state index contributed by atoms with van der Waals surface area (Å²) in [6, 6.07) is 16.9. The number of methoxy groups -OCH3 is 1. The molecule has 0 bridgehead atoms. The zero-order chi connectivity index (χ0) is 13.1. The van der Waals surface area contributed by atoms with Gasteiger partial charge in [-0.05, 0) is 36.1 Å². The average molecular weight is 252 g/mol. The fourth-order valence-corrected chi connectivity index (χ4v) is 2.28. The Morgan fingerprint density at radius 3 is 2.58 bits per heavy atom. The molecule has 3 rings (SSSR count). The molecule has 19 heavy (non-hydrogen) atoms. The topological polar surface area (TPSA) is 37.9 Å². The van der Waals surface area contributed by atoms with Crippen LogP contribution in [0.2, 0.25) is 0 Å². The van der Waals surface area contributed by atoms with E-state index in [4.69, 9.17) is 4.74 Å². The molecule has 0 unspecified atom stereocenters. The lowest BCUT2D eigenvalue weighted by molar-refractivity contribution is 0.401. The van der Waals surface area contributed by atoms with E-state index in [0.717, 1.165) is 23.7 Å². The third-order valence-corrected chi connectivity index (χ3v) is 3.33. The Morgan fingerprint density at radius 1 is 1.00 bits per heavy atom. The normalized spacial score (nSPS) is 10.8. The van der Waals surface area contributed by atoms with Gasteiger partial charge >= 0.3 is 0 Å². The fourth-order valence-electron chi connectivity index (χ4n) is 2.28. The summed E-state index contributed by atoms with van der Waals surface area (Å²) in [5, 5.41) is 8.14. The number of rotatable bonds is 4. The van der Waals surface area contributed by atoms with Gasteiger partial charge in [0, 0.05) is 0 Å². The summed E-state index contributed by atoms with van der Waals surface area (Å²) in [6.07, 6.45) is 2.07. The van der Waals surface area contributed by atoms with Gasteiger partial charge in [0.15, 0.2) is 0 Å². The van der Waals surface area contributed by atoms with Gasteiger partial charge in [0.25, 0.3) is 0 Å². The molecule has 96 valence electrons. The summed E-state index contributed by atoms with van der Waals surface area (Å²) >= 11 is 0. The van der Waals surface area contributed by atoms with E-state index >= 15 is 0 Å². The molecule has 0 saturated heterocycles. The van der Waals surface area contributed by atoms with Crippen LogP contribution in [-0.4, -0.2) is 17.3 Å². The largest absolute Gasteiger partial charge is 0.480 e. The number of ether oxygens (including phenoxy) is 1. The summed E-state index contributed by atoms with van der Waals surface area (Å²) in [5.74, 6) is 0.663. The Hall–Kier alpha value is -2.29. The molecule has 0 aliphatic heterocycles. The van der Waals surface area contributed by atoms with E-state index in [9.17, 15) is 0 Å². The van der Waals surface area contributed by atoms with Gasteiger partial charge in [-0.3, -0.25) is 5.10 Å². The van der Waals surface area contributed by atoms with Gasteiger partial charge in [-0.25, -0.2) is 0 Å². The minimum Gasteiger partial charge on any atom is -0.480 e. The van der Waals surface area contributed by atoms with Crippen molar-refractivity contribution in [2.45, 2.75) is 12.8 Å². The first-order valence-electron chi connectivity index (χ1n) is 6.42. The number of hydrogen-bond donors (Lipinski definition) is 1. The van der Waals surface area contributed by atoms with Crippen LogP contribution in [0.5, 0.6) is 5.88 Å². The Balaban J connectivity index is 1.81. The number of nitrogens with one attached hydrogen (secondary N) is 1. The predicted molar refractivity (Wildman–Crippen MR) is 76.5 cm³/mol. The van der Waals surface area contributed by atoms with Crippen LogP contribution in [0.3, 0.4) is 0 Å². The van der Waals surface area contributed by atoms with Gasteiger partial charge in [-0.2, -0.15) is 0 Å². The standard InChI is InChI=1S/C16H16N2O/c1-19-16-14-11-13(9-10-15(14)17-18-16)8-7-12-5-3-2-4-6-12/h2-6,9-11H,7-8H2,1H3,(H,17,18). The number of H-pyrrole nitrogens is 1. The van der Waals surface area contributed by atoms with Crippen LogP contribution in [0, 0.1) is 0 Å². The van der Waals surface area contributed by atoms with E-state index in [1.165, 1.54) is 11.1 Å². The van der Waals surface area contributed by atoms with E-state index in [1.54, 1.807) is 7.11 Å². The number of nitrogens with zero attached hydrogens (tertiary/aromatic N) is 1. The number of hydrogen-bond acceptors (Lipinski definition) is 2. The second-order valence-corrected chi connectivity index (χ2v) is 4.60. The molecule has 2 aromatic carbocycles. The van der Waals surface area contributed by atoms with Crippen LogP contribution in [0.15, 0.2) is 48.5 Å². The van der Waals surface area contributed by atoms with Crippen LogP contribution < -0.4 is 4.74 Å². The molecular formula is C16H16N2O. The maximum Gasteiger partial charge on any atom is 0.240 e. The summed E-state index contributed by atoms with van der Waals surface area (Å²) in [4.78, 5) is 0. The second-order valence-electron chi connectivity index (χ2n) is 4.60. The summed E-state index contributed by atoms with van der Waals surface area (Å²) < 4.78 is 5.24. The van der Waals surface area contributed by atoms with E-state index < -0.39 is 0 Å². The van der Waals surface area contributed by atoms with Gasteiger partial charge in [0.1, 0.15) is 0 Å². The molecule has 1 N–H and O–H groups in total. The molecule has 0 saturated carbocycles. The van der Waals surface area contributed by atoms with Gasteiger partial charge < -0.3 is 4.74 Å². The van der Waals surface area contributed by atoms with Gasteiger partial charge in [0.2, 0.25) is 5.88 Å². The summed E-state index contributed by atoms with van der Waals surface area (Å²) in [6.45, 7) is 0. The first kappa shape index (κ1) is 11.8. The number of aromatic amines is 1. The monoisotopic (exact) mass is 252 g/mol.